The van der Waals surface area contributed by atoms with E-state index in [1.54, 1.807) is 24.5 Å². The van der Waals surface area contributed by atoms with Gasteiger partial charge in [-0.1, -0.05) is 18.2 Å². The Balaban J connectivity index is 1.45. The lowest BCUT2D eigenvalue weighted by Crippen LogP contribution is -2.35. The number of nitrogens with zero attached hydrogens (tertiary/aromatic N) is 1. The van der Waals surface area contributed by atoms with Gasteiger partial charge in [0.25, 0.3) is 5.91 Å². The number of anilines is 1. The van der Waals surface area contributed by atoms with Gasteiger partial charge in [-0.15, -0.1) is 11.3 Å². The second-order valence-corrected chi connectivity index (χ2v) is 8.42. The van der Waals surface area contributed by atoms with E-state index in [9.17, 15) is 9.59 Å². The van der Waals surface area contributed by atoms with Crippen LogP contribution in [0.5, 0.6) is 5.75 Å². The third kappa shape index (κ3) is 4.70. The normalized spacial score (nSPS) is 13.2. The van der Waals surface area contributed by atoms with Gasteiger partial charge in [0.15, 0.2) is 0 Å². The van der Waals surface area contributed by atoms with E-state index >= 15 is 0 Å². The Morgan fingerprint density at radius 1 is 1.13 bits per heavy atom. The van der Waals surface area contributed by atoms with Crippen LogP contribution in [0.15, 0.2) is 60.0 Å². The van der Waals surface area contributed by atoms with Crippen LogP contribution in [0.2, 0.25) is 0 Å². The van der Waals surface area contributed by atoms with E-state index in [1.807, 2.05) is 54.3 Å². The Morgan fingerprint density at radius 2 is 1.94 bits per heavy atom. The Labute approximate surface area is 186 Å². The summed E-state index contributed by atoms with van der Waals surface area (Å²) < 4.78 is 5.14. The van der Waals surface area contributed by atoms with Crippen molar-refractivity contribution in [1.82, 2.24) is 4.90 Å². The maximum atomic E-state index is 13.1. The molecule has 3 aromatic rings. The highest BCUT2D eigenvalue weighted by Gasteiger charge is 2.24. The second-order valence-electron chi connectivity index (χ2n) is 7.42. The van der Waals surface area contributed by atoms with E-state index in [1.165, 1.54) is 16.5 Å². The zero-order valence-electron chi connectivity index (χ0n) is 17.6. The minimum Gasteiger partial charge on any atom is -0.497 e. The summed E-state index contributed by atoms with van der Waals surface area (Å²) in [4.78, 5) is 28.8. The molecular formula is C25H24N2O3S. The van der Waals surface area contributed by atoms with Crippen molar-refractivity contribution in [3.63, 3.8) is 0 Å². The van der Waals surface area contributed by atoms with Gasteiger partial charge in [0.05, 0.1) is 7.11 Å². The van der Waals surface area contributed by atoms with Crippen LogP contribution < -0.4 is 10.1 Å². The minimum atomic E-state index is -0.246. The van der Waals surface area contributed by atoms with Gasteiger partial charge >= 0.3 is 0 Å². The molecule has 0 saturated carbocycles. The van der Waals surface area contributed by atoms with Gasteiger partial charge in [0.2, 0.25) is 5.91 Å². The van der Waals surface area contributed by atoms with Crippen molar-refractivity contribution in [1.29, 1.82) is 0 Å². The predicted octanol–water partition coefficient (Wildman–Crippen LogP) is 4.92. The Hall–Kier alpha value is -3.38. The van der Waals surface area contributed by atoms with Crippen LogP contribution in [-0.2, 0) is 17.8 Å². The highest BCUT2D eigenvalue weighted by molar-refractivity contribution is 7.10. The SMILES string of the molecule is COc1ccc(/C=C/C(=O)Nc2cccc(C(=O)N3CCc4sccc4C3)c2C)cc1. The molecule has 0 atom stereocenters. The number of thiophene rings is 1. The Morgan fingerprint density at radius 3 is 2.71 bits per heavy atom. The molecule has 0 aliphatic carbocycles. The summed E-state index contributed by atoms with van der Waals surface area (Å²) in [6.07, 6.45) is 4.12. The number of ether oxygens (including phenoxy) is 1. The molecule has 1 aromatic heterocycles. The first-order valence-electron chi connectivity index (χ1n) is 10.1. The van der Waals surface area contributed by atoms with Gasteiger partial charge in [-0.2, -0.15) is 0 Å². The molecular weight excluding hydrogens is 408 g/mol. The second kappa shape index (κ2) is 9.18. The molecule has 1 aliphatic heterocycles. The molecule has 0 bridgehead atoms. The molecule has 0 spiro atoms. The van der Waals surface area contributed by atoms with Crippen LogP contribution in [0, 0.1) is 6.92 Å². The molecule has 1 aliphatic rings. The lowest BCUT2D eigenvalue weighted by atomic mass is 10.0. The van der Waals surface area contributed by atoms with E-state index in [4.69, 9.17) is 4.74 Å². The summed E-state index contributed by atoms with van der Waals surface area (Å²) in [5.41, 5.74) is 4.17. The van der Waals surface area contributed by atoms with E-state index in [0.29, 0.717) is 24.3 Å². The van der Waals surface area contributed by atoms with Gasteiger partial charge in [-0.3, -0.25) is 9.59 Å². The van der Waals surface area contributed by atoms with Gasteiger partial charge in [0, 0.05) is 35.3 Å². The fourth-order valence-electron chi connectivity index (χ4n) is 3.66. The van der Waals surface area contributed by atoms with Crippen molar-refractivity contribution in [3.05, 3.63) is 87.1 Å². The average molecular weight is 433 g/mol. The van der Waals surface area contributed by atoms with Crippen molar-refractivity contribution in [3.8, 4) is 5.75 Å². The van der Waals surface area contributed by atoms with E-state index in [2.05, 4.69) is 16.8 Å². The first-order valence-corrected chi connectivity index (χ1v) is 11.0. The van der Waals surface area contributed by atoms with Crippen molar-refractivity contribution < 1.29 is 14.3 Å². The van der Waals surface area contributed by atoms with Gasteiger partial charge in [0.1, 0.15) is 5.75 Å². The monoisotopic (exact) mass is 432 g/mol. The van der Waals surface area contributed by atoms with E-state index in [0.717, 1.165) is 23.3 Å². The molecule has 2 aromatic carbocycles. The number of hydrogen-bond donors (Lipinski definition) is 1. The molecule has 6 heteroatoms. The summed E-state index contributed by atoms with van der Waals surface area (Å²) >= 11 is 1.75. The number of amides is 2. The molecule has 0 unspecified atom stereocenters. The molecule has 2 heterocycles. The van der Waals surface area contributed by atoms with Crippen LogP contribution >= 0.6 is 11.3 Å². The highest BCUT2D eigenvalue weighted by atomic mass is 32.1. The summed E-state index contributed by atoms with van der Waals surface area (Å²) in [7, 11) is 1.62. The quantitative estimate of drug-likeness (QED) is 0.583. The molecule has 2 amide bonds. The minimum absolute atomic E-state index is 0.000719. The van der Waals surface area contributed by atoms with Crippen LogP contribution in [0.3, 0.4) is 0 Å². The largest absolute Gasteiger partial charge is 0.497 e. The molecule has 0 fully saturated rings. The zero-order chi connectivity index (χ0) is 21.8. The fourth-order valence-corrected chi connectivity index (χ4v) is 4.55. The van der Waals surface area contributed by atoms with Crippen molar-refractivity contribution in [2.45, 2.75) is 19.9 Å². The fraction of sp³-hybridized carbons (Fsp3) is 0.200. The number of hydrogen-bond acceptors (Lipinski definition) is 4. The summed E-state index contributed by atoms with van der Waals surface area (Å²) in [5, 5.41) is 4.98. The summed E-state index contributed by atoms with van der Waals surface area (Å²) in [6, 6.07) is 15.0. The van der Waals surface area contributed by atoms with Crippen molar-refractivity contribution in [2.75, 3.05) is 19.0 Å². The summed E-state index contributed by atoms with van der Waals surface area (Å²) in [6.45, 7) is 3.22. The molecule has 5 nitrogen and oxygen atoms in total. The Bertz CT molecular complexity index is 1130. The van der Waals surface area contributed by atoms with Crippen LogP contribution in [0.1, 0.15) is 31.9 Å². The molecule has 31 heavy (non-hydrogen) atoms. The first kappa shape index (κ1) is 20.9. The van der Waals surface area contributed by atoms with E-state index < -0.39 is 0 Å². The van der Waals surface area contributed by atoms with E-state index in [-0.39, 0.29) is 11.8 Å². The smallest absolute Gasteiger partial charge is 0.254 e. The maximum Gasteiger partial charge on any atom is 0.254 e. The molecule has 4 rings (SSSR count). The third-order valence-corrected chi connectivity index (χ3v) is 6.48. The average Bonchev–Trinajstić information content (AvgIpc) is 3.27. The number of fused-ring (bicyclic) bond motifs is 1. The van der Waals surface area contributed by atoms with Crippen molar-refractivity contribution >= 4 is 34.9 Å². The lowest BCUT2D eigenvalue weighted by molar-refractivity contribution is -0.111. The van der Waals surface area contributed by atoms with Crippen molar-refractivity contribution in [2.24, 2.45) is 0 Å². The molecule has 1 N–H and O–H groups in total. The standard InChI is InChI=1S/C25H24N2O3S/c1-17-21(25(29)27-14-12-23-19(16-27)13-15-31-23)4-3-5-22(17)26-24(28)11-8-18-6-9-20(30-2)10-7-18/h3-11,13,15H,12,14,16H2,1-2H3,(H,26,28)/b11-8+. The highest BCUT2D eigenvalue weighted by Crippen LogP contribution is 2.27. The number of methoxy groups -OCH3 is 1. The van der Waals surface area contributed by atoms with Crippen LogP contribution in [0.4, 0.5) is 5.69 Å². The lowest BCUT2D eigenvalue weighted by Gasteiger charge is -2.28. The molecule has 0 radical (unpaired) electrons. The predicted molar refractivity (Wildman–Crippen MR) is 125 cm³/mol. The summed E-state index contributed by atoms with van der Waals surface area (Å²) in [5.74, 6) is 0.520. The van der Waals surface area contributed by atoms with Gasteiger partial charge in [-0.05, 0) is 71.8 Å². The van der Waals surface area contributed by atoms with Crippen LogP contribution in [-0.4, -0.2) is 30.4 Å². The van der Waals surface area contributed by atoms with Gasteiger partial charge < -0.3 is 15.0 Å². The first-order chi connectivity index (χ1) is 15.0. The van der Waals surface area contributed by atoms with Crippen LogP contribution in [0.25, 0.3) is 6.08 Å². The molecule has 0 saturated heterocycles. The third-order valence-electron chi connectivity index (χ3n) is 5.46. The number of nitrogens with one attached hydrogen (secondary N) is 1. The number of carbonyl (C=O) groups is 2. The zero-order valence-corrected chi connectivity index (χ0v) is 18.4. The molecule has 158 valence electrons. The topological polar surface area (TPSA) is 58.6 Å². The number of benzene rings is 2. The number of carbonyl (C=O) groups excluding carboxylic acids is 2. The Kier molecular flexibility index (Phi) is 6.18. The van der Waals surface area contributed by atoms with Gasteiger partial charge in [-0.25, -0.2) is 0 Å². The maximum absolute atomic E-state index is 13.1. The number of rotatable bonds is 5.